The first-order valence-corrected chi connectivity index (χ1v) is 5.73. The average molecular weight is 274 g/mol. The minimum absolute atomic E-state index is 0.445. The molecule has 1 aromatic carbocycles. The zero-order valence-corrected chi connectivity index (χ0v) is 11.3. The Hall–Kier alpha value is -0.910. The van der Waals surface area contributed by atoms with Gasteiger partial charge >= 0.3 is 0 Å². The first-order valence-electron chi connectivity index (χ1n) is 4.54. The van der Waals surface area contributed by atoms with Gasteiger partial charge in [-0.15, -0.1) is 0 Å². The summed E-state index contributed by atoms with van der Waals surface area (Å²) >= 11 is 16.0. The zero-order valence-electron chi connectivity index (χ0n) is 8.95. The van der Waals surface area contributed by atoms with Crippen molar-refractivity contribution in [1.82, 2.24) is 10.2 Å². The van der Waals surface area contributed by atoms with Crippen molar-refractivity contribution in [2.24, 2.45) is 0 Å². The van der Waals surface area contributed by atoms with E-state index in [1.54, 1.807) is 17.0 Å². The van der Waals surface area contributed by atoms with Crippen LogP contribution >= 0.6 is 36.0 Å². The Labute approximate surface area is 111 Å². The highest BCUT2D eigenvalue weighted by Crippen LogP contribution is 2.14. The number of nitrogens with one attached hydrogen (secondary N) is 2. The maximum absolute atomic E-state index is 5.85. The van der Waals surface area contributed by atoms with Gasteiger partial charge in [-0.1, -0.05) is 17.7 Å². The van der Waals surface area contributed by atoms with Gasteiger partial charge < -0.3 is 15.5 Å². The van der Waals surface area contributed by atoms with E-state index in [2.05, 4.69) is 10.6 Å². The average Bonchev–Trinajstić information content (AvgIpc) is 2.16. The molecule has 0 aliphatic heterocycles. The van der Waals surface area contributed by atoms with E-state index in [4.69, 9.17) is 36.0 Å². The number of anilines is 1. The lowest BCUT2D eigenvalue weighted by Gasteiger charge is -2.16. The highest BCUT2D eigenvalue weighted by Gasteiger charge is 2.02. The van der Waals surface area contributed by atoms with Gasteiger partial charge in [0.15, 0.2) is 10.2 Å². The van der Waals surface area contributed by atoms with Crippen LogP contribution in [0.3, 0.4) is 0 Å². The van der Waals surface area contributed by atoms with E-state index >= 15 is 0 Å². The van der Waals surface area contributed by atoms with Crippen LogP contribution in [-0.2, 0) is 0 Å². The maximum atomic E-state index is 5.85. The molecule has 0 fully saturated rings. The third kappa shape index (κ3) is 4.30. The van der Waals surface area contributed by atoms with E-state index in [0.717, 1.165) is 5.69 Å². The van der Waals surface area contributed by atoms with E-state index in [9.17, 15) is 0 Å². The number of rotatable bonds is 1. The Morgan fingerprint density at radius 2 is 2.00 bits per heavy atom. The molecule has 0 aliphatic rings. The van der Waals surface area contributed by atoms with E-state index < -0.39 is 0 Å². The lowest BCUT2D eigenvalue weighted by molar-refractivity contribution is 0.620. The summed E-state index contributed by atoms with van der Waals surface area (Å²) in [6, 6.07) is 7.30. The van der Waals surface area contributed by atoms with Crippen molar-refractivity contribution in [1.29, 1.82) is 0 Å². The van der Waals surface area contributed by atoms with Crippen LogP contribution in [0.2, 0.25) is 5.02 Å². The number of hydrogen-bond donors (Lipinski definition) is 2. The van der Waals surface area contributed by atoms with Crippen molar-refractivity contribution < 1.29 is 0 Å². The number of hydrogen-bond acceptors (Lipinski definition) is 2. The lowest BCUT2D eigenvalue weighted by atomic mass is 10.3. The molecule has 0 spiro atoms. The van der Waals surface area contributed by atoms with Crippen molar-refractivity contribution in [3.63, 3.8) is 0 Å². The van der Waals surface area contributed by atoms with Crippen LogP contribution in [0.25, 0.3) is 0 Å². The molecule has 3 nitrogen and oxygen atoms in total. The van der Waals surface area contributed by atoms with Crippen molar-refractivity contribution in [2.75, 3.05) is 19.4 Å². The van der Waals surface area contributed by atoms with Crippen molar-refractivity contribution in [3.05, 3.63) is 29.3 Å². The summed E-state index contributed by atoms with van der Waals surface area (Å²) in [4.78, 5) is 1.77. The SMILES string of the molecule is CN(C)C(=S)NC(=S)Nc1cccc(Cl)c1. The molecular weight excluding hydrogens is 262 g/mol. The van der Waals surface area contributed by atoms with Crippen molar-refractivity contribution in [3.8, 4) is 0 Å². The Balaban J connectivity index is 2.55. The smallest absolute Gasteiger partial charge is 0.177 e. The molecule has 0 aliphatic carbocycles. The Kier molecular flexibility index (Phi) is 4.92. The van der Waals surface area contributed by atoms with Gasteiger partial charge in [0, 0.05) is 24.8 Å². The quantitative estimate of drug-likeness (QED) is 0.767. The second kappa shape index (κ2) is 5.98. The molecule has 0 bridgehead atoms. The molecule has 0 unspecified atom stereocenters. The Morgan fingerprint density at radius 3 is 2.56 bits per heavy atom. The van der Waals surface area contributed by atoms with Gasteiger partial charge in [-0.05, 0) is 42.6 Å². The van der Waals surface area contributed by atoms with Crippen LogP contribution < -0.4 is 10.6 Å². The first kappa shape index (κ1) is 13.2. The van der Waals surface area contributed by atoms with Gasteiger partial charge in [-0.3, -0.25) is 0 Å². The molecule has 0 saturated carbocycles. The van der Waals surface area contributed by atoms with Crippen LogP contribution in [0.15, 0.2) is 24.3 Å². The van der Waals surface area contributed by atoms with Gasteiger partial charge in [0.2, 0.25) is 0 Å². The first-order chi connectivity index (χ1) is 7.49. The fraction of sp³-hybridized carbons (Fsp3) is 0.200. The van der Waals surface area contributed by atoms with Crippen molar-refractivity contribution >= 4 is 51.9 Å². The normalized spacial score (nSPS) is 9.44. The molecular formula is C10H12ClN3S2. The number of nitrogens with zero attached hydrogens (tertiary/aromatic N) is 1. The fourth-order valence-corrected chi connectivity index (χ4v) is 1.51. The van der Waals surface area contributed by atoms with E-state index in [-0.39, 0.29) is 0 Å². The van der Waals surface area contributed by atoms with Crippen molar-refractivity contribution in [2.45, 2.75) is 0 Å². The Bertz CT molecular complexity index is 407. The van der Waals surface area contributed by atoms with E-state index in [0.29, 0.717) is 15.2 Å². The molecule has 6 heteroatoms. The molecule has 1 rings (SSSR count). The van der Waals surface area contributed by atoms with E-state index in [1.165, 1.54) is 0 Å². The fourth-order valence-electron chi connectivity index (χ4n) is 0.938. The predicted molar refractivity (Wildman–Crippen MR) is 77.1 cm³/mol. The second-order valence-electron chi connectivity index (χ2n) is 3.29. The van der Waals surface area contributed by atoms with Gasteiger partial charge in [-0.25, -0.2) is 0 Å². The largest absolute Gasteiger partial charge is 0.355 e. The Morgan fingerprint density at radius 1 is 1.31 bits per heavy atom. The molecule has 2 N–H and O–H groups in total. The molecule has 0 amide bonds. The van der Waals surface area contributed by atoms with Crippen LogP contribution in [-0.4, -0.2) is 29.2 Å². The third-order valence-electron chi connectivity index (χ3n) is 1.71. The number of benzene rings is 1. The summed E-state index contributed by atoms with van der Waals surface area (Å²) in [5, 5.41) is 7.53. The van der Waals surface area contributed by atoms with Gasteiger partial charge in [0.25, 0.3) is 0 Å². The second-order valence-corrected chi connectivity index (χ2v) is 4.52. The molecule has 0 radical (unpaired) electrons. The highest BCUT2D eigenvalue weighted by atomic mass is 35.5. The van der Waals surface area contributed by atoms with Gasteiger partial charge in [0.05, 0.1) is 0 Å². The number of halogens is 1. The topological polar surface area (TPSA) is 27.3 Å². The lowest BCUT2D eigenvalue weighted by Crippen LogP contribution is -2.40. The van der Waals surface area contributed by atoms with Crippen LogP contribution in [0.1, 0.15) is 0 Å². The van der Waals surface area contributed by atoms with Gasteiger partial charge in [-0.2, -0.15) is 0 Å². The summed E-state index contributed by atoms with van der Waals surface area (Å²) in [6.07, 6.45) is 0. The number of thiocarbonyl (C=S) groups is 2. The van der Waals surface area contributed by atoms with Crippen LogP contribution in [0, 0.1) is 0 Å². The summed E-state index contributed by atoms with van der Waals surface area (Å²) in [7, 11) is 3.69. The summed E-state index contributed by atoms with van der Waals surface area (Å²) in [5.74, 6) is 0. The van der Waals surface area contributed by atoms with Crippen LogP contribution in [0.4, 0.5) is 5.69 Å². The molecule has 0 aromatic heterocycles. The third-order valence-corrected chi connectivity index (χ3v) is 2.62. The molecule has 16 heavy (non-hydrogen) atoms. The minimum Gasteiger partial charge on any atom is -0.355 e. The monoisotopic (exact) mass is 273 g/mol. The van der Waals surface area contributed by atoms with Gasteiger partial charge in [0.1, 0.15) is 0 Å². The maximum Gasteiger partial charge on any atom is 0.177 e. The predicted octanol–water partition coefficient (Wildman–Crippen LogP) is 2.47. The summed E-state index contributed by atoms with van der Waals surface area (Å²) in [6.45, 7) is 0. The summed E-state index contributed by atoms with van der Waals surface area (Å²) in [5.41, 5.74) is 0.826. The molecule has 1 aromatic rings. The minimum atomic E-state index is 0.445. The zero-order chi connectivity index (χ0) is 12.1. The molecule has 0 saturated heterocycles. The molecule has 0 heterocycles. The molecule has 86 valence electrons. The standard InChI is InChI=1S/C10H12ClN3S2/c1-14(2)10(16)13-9(15)12-8-5-3-4-7(11)6-8/h3-6H,1-2H3,(H2,12,13,15,16). The van der Waals surface area contributed by atoms with Crippen LogP contribution in [0.5, 0.6) is 0 Å². The molecule has 0 atom stereocenters. The highest BCUT2D eigenvalue weighted by molar-refractivity contribution is 7.82. The summed E-state index contributed by atoms with van der Waals surface area (Å²) < 4.78 is 0. The van der Waals surface area contributed by atoms with E-state index in [1.807, 2.05) is 26.2 Å².